The van der Waals surface area contributed by atoms with Gasteiger partial charge < -0.3 is 14.5 Å². The van der Waals surface area contributed by atoms with E-state index in [1.165, 1.54) is 22.3 Å². The first-order valence-electron chi connectivity index (χ1n) is 11.5. The van der Waals surface area contributed by atoms with Crippen LogP contribution in [0, 0.1) is 13.8 Å². The minimum Gasteiger partial charge on any atom is -0.381 e. The summed E-state index contributed by atoms with van der Waals surface area (Å²) in [6.07, 6.45) is 5.56. The van der Waals surface area contributed by atoms with Gasteiger partial charge >= 0.3 is 0 Å². The number of benzene rings is 1. The van der Waals surface area contributed by atoms with Crippen LogP contribution in [-0.4, -0.2) is 56.2 Å². The average Bonchev–Trinajstić information content (AvgIpc) is 2.78. The summed E-state index contributed by atoms with van der Waals surface area (Å²) in [5.41, 5.74) is 4.42. The molecule has 2 fully saturated rings. The molecule has 0 spiro atoms. The first kappa shape index (κ1) is 21.8. The number of aryl methyl sites for hydroxylation is 2. The molecule has 4 rings (SSSR count). The Morgan fingerprint density at radius 3 is 2.52 bits per heavy atom. The Morgan fingerprint density at radius 1 is 1.13 bits per heavy atom. The summed E-state index contributed by atoms with van der Waals surface area (Å²) < 4.78 is 5.69. The highest BCUT2D eigenvalue weighted by molar-refractivity contribution is 5.88. The van der Waals surface area contributed by atoms with E-state index in [2.05, 4.69) is 54.1 Å². The number of rotatable bonds is 4. The van der Waals surface area contributed by atoms with Crippen LogP contribution < -0.4 is 4.90 Å². The molecular weight excluding hydrogens is 386 g/mol. The molecule has 31 heavy (non-hydrogen) atoms. The Bertz CT molecular complexity index is 914. The highest BCUT2D eigenvalue weighted by Crippen LogP contribution is 2.39. The first-order valence-corrected chi connectivity index (χ1v) is 11.5. The molecule has 166 valence electrons. The normalized spacial score (nSPS) is 21.0. The lowest BCUT2D eigenvalue weighted by Gasteiger charge is -2.43. The van der Waals surface area contributed by atoms with Crippen molar-refractivity contribution in [1.29, 1.82) is 0 Å². The number of carbonyl (C=O) groups excluding carboxylic acids is 1. The molecule has 2 aliphatic heterocycles. The number of likely N-dealkylation sites (tertiary alicyclic amines) is 1. The largest absolute Gasteiger partial charge is 0.381 e. The molecule has 0 aliphatic carbocycles. The van der Waals surface area contributed by atoms with Crippen LogP contribution in [0.3, 0.4) is 0 Å². The quantitative estimate of drug-likeness (QED) is 0.742. The van der Waals surface area contributed by atoms with Crippen LogP contribution in [0.2, 0.25) is 0 Å². The van der Waals surface area contributed by atoms with Gasteiger partial charge in [-0.15, -0.1) is 0 Å². The number of piperidine rings is 1. The molecule has 0 radical (unpaired) electrons. The predicted molar refractivity (Wildman–Crippen MR) is 125 cm³/mol. The summed E-state index contributed by atoms with van der Waals surface area (Å²) >= 11 is 0. The molecule has 2 aliphatic rings. The third kappa shape index (κ3) is 4.47. The van der Waals surface area contributed by atoms with Crippen molar-refractivity contribution in [2.75, 3.05) is 45.3 Å². The van der Waals surface area contributed by atoms with Crippen LogP contribution in [0.1, 0.15) is 53.9 Å². The minimum atomic E-state index is -0.468. The SMILES string of the molecule is Cc1cc(C)cc(C2(C(=O)N3CCC[C@H](c4ccnc(N(C)C)c4)C3)CCOCC2)c1. The Balaban J connectivity index is 1.62. The number of aromatic nitrogens is 1. The van der Waals surface area contributed by atoms with Crippen molar-refractivity contribution in [3.8, 4) is 0 Å². The van der Waals surface area contributed by atoms with E-state index in [0.29, 0.717) is 19.1 Å². The van der Waals surface area contributed by atoms with E-state index in [1.54, 1.807) is 0 Å². The summed E-state index contributed by atoms with van der Waals surface area (Å²) in [7, 11) is 4.03. The van der Waals surface area contributed by atoms with Crippen molar-refractivity contribution < 1.29 is 9.53 Å². The van der Waals surface area contributed by atoms with E-state index in [9.17, 15) is 4.79 Å². The summed E-state index contributed by atoms with van der Waals surface area (Å²) in [4.78, 5) is 22.7. The van der Waals surface area contributed by atoms with Crippen LogP contribution in [-0.2, 0) is 14.9 Å². The zero-order chi connectivity index (χ0) is 22.0. The fourth-order valence-corrected chi connectivity index (χ4v) is 5.27. The monoisotopic (exact) mass is 421 g/mol. The van der Waals surface area contributed by atoms with Gasteiger partial charge in [-0.3, -0.25) is 4.79 Å². The average molecular weight is 422 g/mol. The maximum absolute atomic E-state index is 14.1. The molecule has 0 N–H and O–H groups in total. The van der Waals surface area contributed by atoms with Crippen molar-refractivity contribution in [3.63, 3.8) is 0 Å². The van der Waals surface area contributed by atoms with Crippen LogP contribution >= 0.6 is 0 Å². The van der Waals surface area contributed by atoms with Gasteiger partial charge in [0, 0.05) is 52.5 Å². The van der Waals surface area contributed by atoms with Crippen molar-refractivity contribution in [1.82, 2.24) is 9.88 Å². The van der Waals surface area contributed by atoms with Gasteiger partial charge in [-0.1, -0.05) is 29.3 Å². The highest BCUT2D eigenvalue weighted by atomic mass is 16.5. The number of amides is 1. The van der Waals surface area contributed by atoms with Crippen molar-refractivity contribution in [2.24, 2.45) is 0 Å². The van der Waals surface area contributed by atoms with Crippen molar-refractivity contribution in [3.05, 3.63) is 58.8 Å². The van der Waals surface area contributed by atoms with Crippen LogP contribution in [0.15, 0.2) is 36.5 Å². The van der Waals surface area contributed by atoms with Gasteiger partial charge in [-0.2, -0.15) is 0 Å². The molecule has 0 unspecified atom stereocenters. The summed E-state index contributed by atoms with van der Waals surface area (Å²) in [5.74, 6) is 1.61. The molecule has 1 aromatic carbocycles. The maximum atomic E-state index is 14.1. The fraction of sp³-hybridized carbons (Fsp3) is 0.538. The van der Waals surface area contributed by atoms with Crippen LogP contribution in [0.25, 0.3) is 0 Å². The zero-order valence-electron chi connectivity index (χ0n) is 19.4. The lowest BCUT2D eigenvalue weighted by atomic mass is 9.71. The standard InChI is InChI=1S/C26H35N3O2/c1-19-14-20(2)16-23(15-19)26(8-12-31-13-9-26)25(30)29-11-5-6-22(18-29)21-7-10-27-24(17-21)28(3)4/h7,10,14-17,22H,5-6,8-9,11-13,18H2,1-4H3/t22-/m0/s1. The molecule has 5 nitrogen and oxygen atoms in total. The molecule has 2 aromatic rings. The maximum Gasteiger partial charge on any atom is 0.233 e. The van der Waals surface area contributed by atoms with Gasteiger partial charge in [0.15, 0.2) is 0 Å². The highest BCUT2D eigenvalue weighted by Gasteiger charge is 2.45. The summed E-state index contributed by atoms with van der Waals surface area (Å²) in [6, 6.07) is 10.9. The number of pyridine rings is 1. The first-order chi connectivity index (χ1) is 14.9. The minimum absolute atomic E-state index is 0.285. The molecule has 0 bridgehead atoms. The second-order valence-corrected chi connectivity index (χ2v) is 9.50. The fourth-order valence-electron chi connectivity index (χ4n) is 5.27. The molecule has 5 heteroatoms. The predicted octanol–water partition coefficient (Wildman–Crippen LogP) is 4.22. The number of ether oxygens (including phenoxy) is 1. The Hall–Kier alpha value is -2.40. The number of hydrogen-bond donors (Lipinski definition) is 0. The Morgan fingerprint density at radius 2 is 1.84 bits per heavy atom. The molecule has 2 saturated heterocycles. The molecule has 1 amide bonds. The van der Waals surface area contributed by atoms with E-state index in [4.69, 9.17) is 4.74 Å². The van der Waals surface area contributed by atoms with Gasteiger partial charge in [0.25, 0.3) is 0 Å². The van der Waals surface area contributed by atoms with Crippen molar-refractivity contribution in [2.45, 2.75) is 50.9 Å². The topological polar surface area (TPSA) is 45.7 Å². The number of anilines is 1. The Kier molecular flexibility index (Phi) is 6.33. The third-order valence-electron chi connectivity index (χ3n) is 6.94. The number of carbonyl (C=O) groups is 1. The van der Waals surface area contributed by atoms with Gasteiger partial charge in [0.1, 0.15) is 5.82 Å². The molecular formula is C26H35N3O2. The molecule has 0 saturated carbocycles. The van der Waals surface area contributed by atoms with E-state index in [0.717, 1.165) is 44.6 Å². The lowest BCUT2D eigenvalue weighted by Crippen LogP contribution is -2.52. The zero-order valence-corrected chi connectivity index (χ0v) is 19.4. The molecule has 1 aromatic heterocycles. The van der Waals surface area contributed by atoms with E-state index in [1.807, 2.05) is 25.2 Å². The molecule has 3 heterocycles. The third-order valence-corrected chi connectivity index (χ3v) is 6.94. The van der Waals surface area contributed by atoms with Crippen molar-refractivity contribution >= 4 is 11.7 Å². The van der Waals surface area contributed by atoms with E-state index in [-0.39, 0.29) is 5.91 Å². The molecule has 1 atom stereocenters. The number of hydrogen-bond acceptors (Lipinski definition) is 4. The van der Waals surface area contributed by atoms with E-state index < -0.39 is 5.41 Å². The van der Waals surface area contributed by atoms with Gasteiger partial charge in [0.2, 0.25) is 5.91 Å². The van der Waals surface area contributed by atoms with Gasteiger partial charge in [-0.05, 0) is 62.8 Å². The lowest BCUT2D eigenvalue weighted by molar-refractivity contribution is -0.142. The van der Waals surface area contributed by atoms with Gasteiger partial charge in [-0.25, -0.2) is 4.98 Å². The smallest absolute Gasteiger partial charge is 0.233 e. The summed E-state index contributed by atoms with van der Waals surface area (Å²) in [6.45, 7) is 7.16. The van der Waals surface area contributed by atoms with E-state index >= 15 is 0 Å². The van der Waals surface area contributed by atoms with Crippen LogP contribution in [0.5, 0.6) is 0 Å². The second kappa shape index (κ2) is 8.99. The van der Waals surface area contributed by atoms with Crippen LogP contribution in [0.4, 0.5) is 5.82 Å². The number of nitrogens with zero attached hydrogens (tertiary/aromatic N) is 3. The van der Waals surface area contributed by atoms with Gasteiger partial charge in [0.05, 0.1) is 5.41 Å². The Labute approximate surface area is 186 Å². The summed E-state index contributed by atoms with van der Waals surface area (Å²) in [5, 5.41) is 0. The second-order valence-electron chi connectivity index (χ2n) is 9.50.